The van der Waals surface area contributed by atoms with Crippen LogP contribution in [0.5, 0.6) is 0 Å². The van der Waals surface area contributed by atoms with Gasteiger partial charge in [-0.25, -0.2) is 9.59 Å². The van der Waals surface area contributed by atoms with Gasteiger partial charge in [0, 0.05) is 0 Å². The van der Waals surface area contributed by atoms with Gasteiger partial charge in [-0.1, -0.05) is 36.4 Å². The van der Waals surface area contributed by atoms with E-state index in [1.165, 1.54) is 0 Å². The minimum absolute atomic E-state index is 0.0201. The number of carbonyl (C=O) groups is 2. The van der Waals surface area contributed by atoms with E-state index in [-0.39, 0.29) is 6.61 Å². The van der Waals surface area contributed by atoms with E-state index in [1.807, 2.05) is 12.1 Å². The van der Waals surface area contributed by atoms with Crippen LogP contribution in [-0.2, 0) is 9.47 Å². The van der Waals surface area contributed by atoms with Gasteiger partial charge in [-0.3, -0.25) is 0 Å². The third-order valence-electron chi connectivity index (χ3n) is 2.78. The number of benzene rings is 2. The van der Waals surface area contributed by atoms with E-state index in [9.17, 15) is 9.59 Å². The zero-order chi connectivity index (χ0) is 17.1. The standard InChI is InChI=1S/C17H16O4.C2H4/c1-13(21-17(19)15-10-6-3-7-11-15)12-20-16(18)14-8-4-2-5-9-14;1-2/h2-11,13H,12H2,1H3;1-2H2. The average molecular weight is 312 g/mol. The van der Waals surface area contributed by atoms with Crippen LogP contribution in [-0.4, -0.2) is 24.6 Å². The molecule has 0 N–H and O–H groups in total. The maximum atomic E-state index is 11.8. The summed E-state index contributed by atoms with van der Waals surface area (Å²) in [5.41, 5.74) is 0.942. The van der Waals surface area contributed by atoms with Crippen LogP contribution >= 0.6 is 0 Å². The zero-order valence-electron chi connectivity index (χ0n) is 13.1. The first kappa shape index (κ1) is 18.2. The summed E-state index contributed by atoms with van der Waals surface area (Å²) in [6, 6.07) is 17.4. The van der Waals surface area contributed by atoms with Crippen LogP contribution in [0.4, 0.5) is 0 Å². The molecule has 4 nitrogen and oxygen atoms in total. The first-order valence-corrected chi connectivity index (χ1v) is 7.15. The summed E-state index contributed by atoms with van der Waals surface area (Å²) >= 11 is 0. The molecule has 0 bridgehead atoms. The van der Waals surface area contributed by atoms with Crippen molar-refractivity contribution in [1.82, 2.24) is 0 Å². The summed E-state index contributed by atoms with van der Waals surface area (Å²) in [5.74, 6) is -0.864. The highest BCUT2D eigenvalue weighted by Gasteiger charge is 2.14. The van der Waals surface area contributed by atoms with Crippen molar-refractivity contribution < 1.29 is 19.1 Å². The van der Waals surface area contributed by atoms with E-state index in [1.54, 1.807) is 55.5 Å². The Morgan fingerprint density at radius 1 is 0.870 bits per heavy atom. The molecule has 1 unspecified atom stereocenters. The maximum Gasteiger partial charge on any atom is 0.338 e. The minimum atomic E-state index is -0.509. The van der Waals surface area contributed by atoms with Gasteiger partial charge in [0.05, 0.1) is 11.1 Å². The Kier molecular flexibility index (Phi) is 7.86. The smallest absolute Gasteiger partial charge is 0.338 e. The van der Waals surface area contributed by atoms with Crippen LogP contribution in [0.15, 0.2) is 73.8 Å². The van der Waals surface area contributed by atoms with Crippen molar-refractivity contribution in [2.45, 2.75) is 13.0 Å². The molecule has 0 spiro atoms. The first-order chi connectivity index (χ1) is 11.2. The molecule has 0 aromatic heterocycles. The van der Waals surface area contributed by atoms with Crippen molar-refractivity contribution in [3.63, 3.8) is 0 Å². The van der Waals surface area contributed by atoms with Gasteiger partial charge >= 0.3 is 11.9 Å². The van der Waals surface area contributed by atoms with Crippen LogP contribution in [0.3, 0.4) is 0 Å². The largest absolute Gasteiger partial charge is 0.458 e. The summed E-state index contributed by atoms with van der Waals surface area (Å²) in [6.45, 7) is 7.70. The fraction of sp³-hybridized carbons (Fsp3) is 0.158. The van der Waals surface area contributed by atoms with Gasteiger partial charge in [-0.2, -0.15) is 0 Å². The third-order valence-corrected chi connectivity index (χ3v) is 2.78. The minimum Gasteiger partial charge on any atom is -0.458 e. The van der Waals surface area contributed by atoms with Crippen molar-refractivity contribution in [1.29, 1.82) is 0 Å². The molecule has 23 heavy (non-hydrogen) atoms. The second-order valence-corrected chi connectivity index (χ2v) is 4.55. The Morgan fingerprint density at radius 2 is 1.30 bits per heavy atom. The van der Waals surface area contributed by atoms with Gasteiger partial charge in [-0.05, 0) is 31.2 Å². The van der Waals surface area contributed by atoms with Crippen LogP contribution < -0.4 is 0 Å². The third kappa shape index (κ3) is 6.18. The summed E-state index contributed by atoms with van der Waals surface area (Å²) < 4.78 is 10.3. The topological polar surface area (TPSA) is 52.6 Å². The molecule has 0 aliphatic rings. The number of hydrogen-bond donors (Lipinski definition) is 0. The predicted octanol–water partition coefficient (Wildman–Crippen LogP) is 3.89. The molecular formula is C19H20O4. The lowest BCUT2D eigenvalue weighted by Crippen LogP contribution is -2.22. The molecular weight excluding hydrogens is 292 g/mol. The first-order valence-electron chi connectivity index (χ1n) is 7.15. The molecule has 4 heteroatoms. The molecule has 0 aliphatic heterocycles. The molecule has 0 amide bonds. The second kappa shape index (κ2) is 9.95. The van der Waals surface area contributed by atoms with E-state index in [4.69, 9.17) is 9.47 Å². The number of hydrogen-bond acceptors (Lipinski definition) is 4. The Bertz CT molecular complexity index is 608. The molecule has 0 aliphatic carbocycles. The Labute approximate surface area is 136 Å². The fourth-order valence-electron chi connectivity index (χ4n) is 1.71. The fourth-order valence-corrected chi connectivity index (χ4v) is 1.71. The lowest BCUT2D eigenvalue weighted by molar-refractivity contribution is 0.00448. The maximum absolute atomic E-state index is 11.8. The van der Waals surface area contributed by atoms with Gasteiger partial charge in [0.1, 0.15) is 12.7 Å². The molecule has 2 aromatic carbocycles. The van der Waals surface area contributed by atoms with Crippen molar-refractivity contribution >= 4 is 11.9 Å². The summed E-state index contributed by atoms with van der Waals surface area (Å²) in [6.07, 6.45) is -0.509. The molecule has 2 aromatic rings. The lowest BCUT2D eigenvalue weighted by Gasteiger charge is -2.13. The normalized spacial score (nSPS) is 10.7. The summed E-state index contributed by atoms with van der Waals surface area (Å²) in [5, 5.41) is 0. The van der Waals surface area contributed by atoms with E-state index in [0.29, 0.717) is 11.1 Å². The summed E-state index contributed by atoms with van der Waals surface area (Å²) in [4.78, 5) is 23.5. The molecule has 2 rings (SSSR count). The molecule has 120 valence electrons. The number of esters is 2. The Morgan fingerprint density at radius 3 is 1.78 bits per heavy atom. The molecule has 0 radical (unpaired) electrons. The van der Waals surface area contributed by atoms with E-state index in [0.717, 1.165) is 0 Å². The van der Waals surface area contributed by atoms with E-state index in [2.05, 4.69) is 13.2 Å². The van der Waals surface area contributed by atoms with E-state index >= 15 is 0 Å². The molecule has 0 heterocycles. The number of rotatable bonds is 5. The van der Waals surface area contributed by atoms with Gasteiger partial charge in [0.15, 0.2) is 0 Å². The summed E-state index contributed by atoms with van der Waals surface area (Å²) in [7, 11) is 0. The second-order valence-electron chi connectivity index (χ2n) is 4.55. The molecule has 0 fully saturated rings. The highest BCUT2D eigenvalue weighted by atomic mass is 16.6. The zero-order valence-corrected chi connectivity index (χ0v) is 13.1. The van der Waals surface area contributed by atoms with Crippen LogP contribution in [0.25, 0.3) is 0 Å². The SMILES string of the molecule is C=C.CC(COC(=O)c1ccccc1)OC(=O)c1ccccc1. The number of ether oxygens (including phenoxy) is 2. The number of carbonyl (C=O) groups excluding carboxylic acids is 2. The molecule has 1 atom stereocenters. The van der Waals surface area contributed by atoms with Crippen LogP contribution in [0, 0.1) is 0 Å². The van der Waals surface area contributed by atoms with Crippen molar-refractivity contribution in [3.8, 4) is 0 Å². The van der Waals surface area contributed by atoms with Gasteiger partial charge < -0.3 is 9.47 Å². The van der Waals surface area contributed by atoms with Crippen molar-refractivity contribution in [3.05, 3.63) is 84.9 Å². The molecule has 0 saturated carbocycles. The van der Waals surface area contributed by atoms with Crippen molar-refractivity contribution in [2.24, 2.45) is 0 Å². The van der Waals surface area contributed by atoms with E-state index < -0.39 is 18.0 Å². The highest BCUT2D eigenvalue weighted by molar-refractivity contribution is 5.90. The Hall–Kier alpha value is -2.88. The Balaban J connectivity index is 0.00000127. The van der Waals surface area contributed by atoms with Gasteiger partial charge in [-0.15, -0.1) is 13.2 Å². The van der Waals surface area contributed by atoms with Crippen LogP contribution in [0.2, 0.25) is 0 Å². The lowest BCUT2D eigenvalue weighted by atomic mass is 10.2. The van der Waals surface area contributed by atoms with Gasteiger partial charge in [0.2, 0.25) is 0 Å². The average Bonchev–Trinajstić information content (AvgIpc) is 2.63. The van der Waals surface area contributed by atoms with Crippen LogP contribution in [0.1, 0.15) is 27.6 Å². The van der Waals surface area contributed by atoms with Gasteiger partial charge in [0.25, 0.3) is 0 Å². The predicted molar refractivity (Wildman–Crippen MR) is 89.3 cm³/mol. The quantitative estimate of drug-likeness (QED) is 0.621. The molecule has 0 saturated heterocycles. The monoisotopic (exact) mass is 312 g/mol. The van der Waals surface area contributed by atoms with Crippen molar-refractivity contribution in [2.75, 3.05) is 6.61 Å². The highest BCUT2D eigenvalue weighted by Crippen LogP contribution is 2.06.